The summed E-state index contributed by atoms with van der Waals surface area (Å²) in [6.45, 7) is 4.02. The second-order valence-electron chi connectivity index (χ2n) is 4.31. The summed E-state index contributed by atoms with van der Waals surface area (Å²) >= 11 is 0. The van der Waals surface area contributed by atoms with Gasteiger partial charge in [0.1, 0.15) is 0 Å². The van der Waals surface area contributed by atoms with Crippen LogP contribution in [0.3, 0.4) is 0 Å². The van der Waals surface area contributed by atoms with Crippen LogP contribution in [0.2, 0.25) is 0 Å². The van der Waals surface area contributed by atoms with Crippen LogP contribution in [0.15, 0.2) is 12.1 Å². The molecule has 0 radical (unpaired) electrons. The molecule has 0 aliphatic rings. The number of benzene rings is 1. The van der Waals surface area contributed by atoms with Gasteiger partial charge in [0.25, 0.3) is 0 Å². The largest absolute Gasteiger partial charge is 0.493 e. The molecule has 0 aliphatic heterocycles. The lowest BCUT2D eigenvalue weighted by molar-refractivity contribution is 0.323. The molecule has 4 heteroatoms. The van der Waals surface area contributed by atoms with Gasteiger partial charge in [-0.25, -0.2) is 0 Å². The Bertz CT molecular complexity index is 424. The Labute approximate surface area is 108 Å². The third kappa shape index (κ3) is 2.67. The highest BCUT2D eigenvalue weighted by atomic mass is 16.5. The molecule has 0 aliphatic carbocycles. The summed E-state index contributed by atoms with van der Waals surface area (Å²) in [4.78, 5) is 0. The maximum Gasteiger partial charge on any atom is 0.203 e. The van der Waals surface area contributed by atoms with Crippen molar-refractivity contribution >= 4 is 0 Å². The maximum atomic E-state index is 9.24. The Morgan fingerprint density at radius 1 is 1.00 bits per heavy atom. The molecule has 98 valence electrons. The normalized spacial score (nSPS) is 11.8. The summed E-state index contributed by atoms with van der Waals surface area (Å²) in [5.41, 5.74) is 0.877. The lowest BCUT2D eigenvalue weighted by Crippen LogP contribution is -2.06. The summed E-state index contributed by atoms with van der Waals surface area (Å²) in [6, 6.07) is 5.96. The minimum atomic E-state index is -0.196. The van der Waals surface area contributed by atoms with E-state index in [2.05, 4.69) is 6.07 Å². The Morgan fingerprint density at radius 2 is 1.50 bits per heavy atom. The SMILES string of the molecule is COc1cc(C(C#N)C(C)C)cc(OC)c1OC. The van der Waals surface area contributed by atoms with E-state index in [4.69, 9.17) is 14.2 Å². The zero-order chi connectivity index (χ0) is 13.7. The first kappa shape index (κ1) is 14.2. The van der Waals surface area contributed by atoms with Gasteiger partial charge in [0.15, 0.2) is 11.5 Å². The fraction of sp³-hybridized carbons (Fsp3) is 0.500. The summed E-state index contributed by atoms with van der Waals surface area (Å²) in [7, 11) is 4.69. The van der Waals surface area contributed by atoms with E-state index in [1.54, 1.807) is 21.3 Å². The second-order valence-corrected chi connectivity index (χ2v) is 4.31. The summed E-state index contributed by atoms with van der Waals surface area (Å²) in [5, 5.41) is 9.24. The maximum absolute atomic E-state index is 9.24. The van der Waals surface area contributed by atoms with E-state index < -0.39 is 0 Å². The van der Waals surface area contributed by atoms with E-state index in [1.165, 1.54) is 0 Å². The number of methoxy groups -OCH3 is 3. The van der Waals surface area contributed by atoms with E-state index in [0.717, 1.165) is 5.56 Å². The number of ether oxygens (including phenoxy) is 3. The van der Waals surface area contributed by atoms with Gasteiger partial charge in [-0.15, -0.1) is 0 Å². The van der Waals surface area contributed by atoms with Gasteiger partial charge >= 0.3 is 0 Å². The van der Waals surface area contributed by atoms with Crippen molar-refractivity contribution in [3.8, 4) is 23.3 Å². The van der Waals surface area contributed by atoms with E-state index in [1.807, 2.05) is 26.0 Å². The average molecular weight is 249 g/mol. The van der Waals surface area contributed by atoms with Gasteiger partial charge in [0.2, 0.25) is 5.75 Å². The molecule has 18 heavy (non-hydrogen) atoms. The third-order valence-corrected chi connectivity index (χ3v) is 2.85. The molecule has 1 atom stereocenters. The van der Waals surface area contributed by atoms with Crippen molar-refractivity contribution in [2.45, 2.75) is 19.8 Å². The topological polar surface area (TPSA) is 51.5 Å². The van der Waals surface area contributed by atoms with E-state index in [0.29, 0.717) is 17.2 Å². The second kappa shape index (κ2) is 6.15. The monoisotopic (exact) mass is 249 g/mol. The van der Waals surface area contributed by atoms with Crippen LogP contribution < -0.4 is 14.2 Å². The molecule has 0 bridgehead atoms. The molecule has 1 aromatic carbocycles. The molecular weight excluding hydrogens is 230 g/mol. The highest BCUT2D eigenvalue weighted by molar-refractivity contribution is 5.55. The molecule has 1 aromatic rings. The standard InChI is InChI=1S/C14H19NO3/c1-9(2)11(8-15)10-6-12(16-3)14(18-5)13(7-10)17-4/h6-7,9,11H,1-5H3. The van der Waals surface area contributed by atoms with Crippen LogP contribution in [0.5, 0.6) is 17.2 Å². The molecule has 0 aromatic heterocycles. The van der Waals surface area contributed by atoms with Gasteiger partial charge in [0, 0.05) is 0 Å². The van der Waals surface area contributed by atoms with E-state index in [9.17, 15) is 5.26 Å². The molecular formula is C14H19NO3. The van der Waals surface area contributed by atoms with E-state index >= 15 is 0 Å². The predicted octanol–water partition coefficient (Wildman–Crippen LogP) is 2.98. The van der Waals surface area contributed by atoms with Crippen molar-refractivity contribution in [3.63, 3.8) is 0 Å². The predicted molar refractivity (Wildman–Crippen MR) is 69.3 cm³/mol. The van der Waals surface area contributed by atoms with Gasteiger partial charge in [-0.05, 0) is 23.6 Å². The van der Waals surface area contributed by atoms with Crippen molar-refractivity contribution in [1.29, 1.82) is 5.26 Å². The number of hydrogen-bond acceptors (Lipinski definition) is 4. The van der Waals surface area contributed by atoms with Crippen LogP contribution in [-0.4, -0.2) is 21.3 Å². The summed E-state index contributed by atoms with van der Waals surface area (Å²) < 4.78 is 15.8. The van der Waals surface area contributed by atoms with Crippen LogP contribution in [0.25, 0.3) is 0 Å². The smallest absolute Gasteiger partial charge is 0.203 e. The van der Waals surface area contributed by atoms with Gasteiger partial charge in [-0.1, -0.05) is 13.8 Å². The molecule has 1 rings (SSSR count). The zero-order valence-corrected chi connectivity index (χ0v) is 11.5. The van der Waals surface area contributed by atoms with Crippen LogP contribution in [0.1, 0.15) is 25.3 Å². The minimum Gasteiger partial charge on any atom is -0.493 e. The van der Waals surface area contributed by atoms with Crippen LogP contribution in [0, 0.1) is 17.2 Å². The zero-order valence-electron chi connectivity index (χ0n) is 11.5. The summed E-state index contributed by atoms with van der Waals surface area (Å²) in [6.07, 6.45) is 0. The lowest BCUT2D eigenvalue weighted by Gasteiger charge is -2.18. The number of hydrogen-bond donors (Lipinski definition) is 0. The Morgan fingerprint density at radius 3 is 1.78 bits per heavy atom. The lowest BCUT2D eigenvalue weighted by atomic mass is 9.89. The van der Waals surface area contributed by atoms with E-state index in [-0.39, 0.29) is 11.8 Å². The minimum absolute atomic E-state index is 0.196. The first-order valence-corrected chi connectivity index (χ1v) is 5.78. The molecule has 0 N–H and O–H groups in total. The van der Waals surface area contributed by atoms with Crippen molar-refractivity contribution in [3.05, 3.63) is 17.7 Å². The van der Waals surface area contributed by atoms with Crippen LogP contribution in [-0.2, 0) is 0 Å². The molecule has 0 spiro atoms. The van der Waals surface area contributed by atoms with Crippen molar-refractivity contribution in [1.82, 2.24) is 0 Å². The van der Waals surface area contributed by atoms with Crippen LogP contribution in [0.4, 0.5) is 0 Å². The van der Waals surface area contributed by atoms with Crippen molar-refractivity contribution in [2.24, 2.45) is 5.92 Å². The molecule has 4 nitrogen and oxygen atoms in total. The van der Waals surface area contributed by atoms with Crippen LogP contribution >= 0.6 is 0 Å². The Hall–Kier alpha value is -1.89. The third-order valence-electron chi connectivity index (χ3n) is 2.85. The Kier molecular flexibility index (Phi) is 4.85. The molecule has 0 heterocycles. The first-order chi connectivity index (χ1) is 8.58. The number of nitriles is 1. The van der Waals surface area contributed by atoms with Gasteiger partial charge in [-0.2, -0.15) is 5.26 Å². The van der Waals surface area contributed by atoms with Gasteiger partial charge in [0.05, 0.1) is 33.3 Å². The number of rotatable bonds is 5. The quantitative estimate of drug-likeness (QED) is 0.805. The molecule has 0 fully saturated rings. The van der Waals surface area contributed by atoms with Crippen molar-refractivity contribution in [2.75, 3.05) is 21.3 Å². The molecule has 0 saturated heterocycles. The fourth-order valence-electron chi connectivity index (χ4n) is 1.89. The molecule has 0 saturated carbocycles. The van der Waals surface area contributed by atoms with Crippen molar-refractivity contribution < 1.29 is 14.2 Å². The molecule has 0 amide bonds. The first-order valence-electron chi connectivity index (χ1n) is 5.78. The average Bonchev–Trinajstić information content (AvgIpc) is 2.37. The van der Waals surface area contributed by atoms with Gasteiger partial charge < -0.3 is 14.2 Å². The Balaban J connectivity index is 3.36. The molecule has 1 unspecified atom stereocenters. The van der Waals surface area contributed by atoms with Gasteiger partial charge in [-0.3, -0.25) is 0 Å². The summed E-state index contributed by atoms with van der Waals surface area (Å²) in [5.74, 6) is 1.72. The number of nitrogens with zero attached hydrogens (tertiary/aromatic N) is 1. The highest BCUT2D eigenvalue weighted by Gasteiger charge is 2.20. The highest BCUT2D eigenvalue weighted by Crippen LogP contribution is 2.41. The fourth-order valence-corrected chi connectivity index (χ4v) is 1.89.